The molecule has 1 rings (SSSR count). The highest BCUT2D eigenvalue weighted by molar-refractivity contribution is 5.74. The maximum Gasteiger partial charge on any atom is 0.193 e. The van der Waals surface area contributed by atoms with Gasteiger partial charge in [-0.15, -0.1) is 0 Å². The summed E-state index contributed by atoms with van der Waals surface area (Å²) in [7, 11) is 0. The maximum atomic E-state index is 10.1. The van der Waals surface area contributed by atoms with E-state index in [1.54, 1.807) is 0 Å². The van der Waals surface area contributed by atoms with Crippen molar-refractivity contribution in [1.82, 2.24) is 0 Å². The number of benzene rings is 1. The quantitative estimate of drug-likeness (QED) is 0.551. The van der Waals surface area contributed by atoms with Crippen LogP contribution in [0.15, 0.2) is 24.3 Å². The highest BCUT2D eigenvalue weighted by atomic mass is 16.1. The lowest BCUT2D eigenvalue weighted by molar-refractivity contribution is -0.103. The molecule has 0 unspecified atom stereocenters. The SMILES string of the molecule is CCN(CC)c1ccc(C#CC=O)cc1. The number of rotatable bonds is 3. The van der Waals surface area contributed by atoms with Crippen molar-refractivity contribution in [2.24, 2.45) is 0 Å². The summed E-state index contributed by atoms with van der Waals surface area (Å²) in [6, 6.07) is 7.93. The van der Waals surface area contributed by atoms with Crippen LogP contribution in [0.4, 0.5) is 5.69 Å². The predicted octanol–water partition coefficient (Wildman–Crippen LogP) is 2.08. The molecule has 0 spiro atoms. The van der Waals surface area contributed by atoms with Gasteiger partial charge in [0, 0.05) is 24.3 Å². The van der Waals surface area contributed by atoms with Gasteiger partial charge in [0.25, 0.3) is 0 Å². The number of aldehydes is 1. The van der Waals surface area contributed by atoms with Crippen LogP contribution in [-0.2, 0) is 4.79 Å². The fraction of sp³-hybridized carbons (Fsp3) is 0.308. The van der Waals surface area contributed by atoms with Crippen LogP contribution in [-0.4, -0.2) is 19.4 Å². The van der Waals surface area contributed by atoms with E-state index in [9.17, 15) is 4.79 Å². The minimum absolute atomic E-state index is 0.609. The van der Waals surface area contributed by atoms with Crippen LogP contribution in [0.25, 0.3) is 0 Å². The van der Waals surface area contributed by atoms with E-state index in [0.29, 0.717) is 6.29 Å². The highest BCUT2D eigenvalue weighted by Crippen LogP contribution is 2.14. The van der Waals surface area contributed by atoms with E-state index in [1.807, 2.05) is 24.3 Å². The third-order valence-corrected chi connectivity index (χ3v) is 2.27. The van der Waals surface area contributed by atoms with Crippen molar-refractivity contribution in [3.8, 4) is 11.8 Å². The first kappa shape index (κ1) is 11.3. The van der Waals surface area contributed by atoms with Gasteiger partial charge in [0.2, 0.25) is 0 Å². The molecule has 0 amide bonds. The summed E-state index contributed by atoms with van der Waals surface area (Å²) in [6.45, 7) is 6.25. The molecule has 0 heterocycles. The number of hydrogen-bond acceptors (Lipinski definition) is 2. The van der Waals surface area contributed by atoms with Crippen LogP contribution in [0.3, 0.4) is 0 Å². The minimum Gasteiger partial charge on any atom is -0.372 e. The standard InChI is InChI=1S/C13H15NO/c1-3-14(4-2)13-9-7-12(8-10-13)6-5-11-15/h7-11H,3-4H2,1-2H3. The second-order valence-electron chi connectivity index (χ2n) is 3.11. The molecule has 0 aromatic heterocycles. The molecular formula is C13H15NO. The van der Waals surface area contributed by atoms with E-state index < -0.39 is 0 Å². The van der Waals surface area contributed by atoms with Crippen molar-refractivity contribution in [1.29, 1.82) is 0 Å². The summed E-state index contributed by atoms with van der Waals surface area (Å²) in [5.41, 5.74) is 2.06. The second kappa shape index (κ2) is 5.87. The van der Waals surface area contributed by atoms with Gasteiger partial charge in [0.15, 0.2) is 6.29 Å². The largest absolute Gasteiger partial charge is 0.372 e. The number of carbonyl (C=O) groups is 1. The Hall–Kier alpha value is -1.75. The monoisotopic (exact) mass is 201 g/mol. The Balaban J connectivity index is 2.84. The van der Waals surface area contributed by atoms with Gasteiger partial charge < -0.3 is 4.90 Å². The number of hydrogen-bond donors (Lipinski definition) is 0. The summed E-state index contributed by atoms with van der Waals surface area (Å²) in [5, 5.41) is 0. The van der Waals surface area contributed by atoms with Crippen molar-refractivity contribution < 1.29 is 4.79 Å². The molecule has 1 aromatic rings. The van der Waals surface area contributed by atoms with Gasteiger partial charge in [-0.2, -0.15) is 0 Å². The second-order valence-corrected chi connectivity index (χ2v) is 3.11. The van der Waals surface area contributed by atoms with Gasteiger partial charge in [-0.3, -0.25) is 4.79 Å². The summed E-state index contributed by atoms with van der Waals surface area (Å²) >= 11 is 0. The Morgan fingerprint density at radius 2 is 1.80 bits per heavy atom. The third-order valence-electron chi connectivity index (χ3n) is 2.27. The van der Waals surface area contributed by atoms with Crippen molar-refractivity contribution in [3.05, 3.63) is 29.8 Å². The molecule has 0 aliphatic carbocycles. The molecule has 2 nitrogen and oxygen atoms in total. The summed E-state index contributed by atoms with van der Waals surface area (Å²) in [4.78, 5) is 12.3. The van der Waals surface area contributed by atoms with E-state index in [4.69, 9.17) is 0 Å². The molecule has 0 aliphatic rings. The Kier molecular flexibility index (Phi) is 4.43. The van der Waals surface area contributed by atoms with E-state index in [2.05, 4.69) is 30.6 Å². The number of carbonyl (C=O) groups excluding carboxylic acids is 1. The molecule has 78 valence electrons. The van der Waals surface area contributed by atoms with Crippen molar-refractivity contribution in [2.45, 2.75) is 13.8 Å². The molecule has 15 heavy (non-hydrogen) atoms. The molecule has 1 aromatic carbocycles. The Morgan fingerprint density at radius 1 is 1.20 bits per heavy atom. The van der Waals surface area contributed by atoms with Crippen molar-refractivity contribution in [3.63, 3.8) is 0 Å². The molecule has 2 heteroatoms. The third kappa shape index (κ3) is 3.14. The van der Waals surface area contributed by atoms with Crippen molar-refractivity contribution in [2.75, 3.05) is 18.0 Å². The molecule has 0 N–H and O–H groups in total. The van der Waals surface area contributed by atoms with Gasteiger partial charge in [-0.25, -0.2) is 0 Å². The smallest absolute Gasteiger partial charge is 0.193 e. The van der Waals surface area contributed by atoms with Gasteiger partial charge in [-0.1, -0.05) is 5.92 Å². The average Bonchev–Trinajstić information content (AvgIpc) is 2.29. The molecule has 0 radical (unpaired) electrons. The molecule has 0 saturated heterocycles. The molecule has 0 fully saturated rings. The Morgan fingerprint density at radius 3 is 2.27 bits per heavy atom. The van der Waals surface area contributed by atoms with Gasteiger partial charge >= 0.3 is 0 Å². The van der Waals surface area contributed by atoms with E-state index in [1.165, 1.54) is 5.69 Å². The van der Waals surface area contributed by atoms with Crippen LogP contribution in [0, 0.1) is 11.8 Å². The molecular weight excluding hydrogens is 186 g/mol. The topological polar surface area (TPSA) is 20.3 Å². The molecule has 0 bridgehead atoms. The number of nitrogens with zero attached hydrogens (tertiary/aromatic N) is 1. The highest BCUT2D eigenvalue weighted by Gasteiger charge is 1.99. The van der Waals surface area contributed by atoms with E-state index in [0.717, 1.165) is 18.7 Å². The fourth-order valence-electron chi connectivity index (χ4n) is 1.46. The van der Waals surface area contributed by atoms with Gasteiger partial charge in [0.1, 0.15) is 0 Å². The zero-order valence-corrected chi connectivity index (χ0v) is 9.16. The lowest BCUT2D eigenvalue weighted by Gasteiger charge is -2.20. The first-order valence-corrected chi connectivity index (χ1v) is 5.12. The van der Waals surface area contributed by atoms with E-state index >= 15 is 0 Å². The maximum absolute atomic E-state index is 10.1. The number of anilines is 1. The lowest BCUT2D eigenvalue weighted by Crippen LogP contribution is -2.21. The minimum atomic E-state index is 0.609. The molecule has 0 saturated carbocycles. The fourth-order valence-corrected chi connectivity index (χ4v) is 1.46. The molecule has 0 atom stereocenters. The normalized spacial score (nSPS) is 8.93. The van der Waals surface area contributed by atoms with Crippen molar-refractivity contribution >= 4 is 12.0 Å². The van der Waals surface area contributed by atoms with Gasteiger partial charge in [0.05, 0.1) is 0 Å². The first-order chi connectivity index (χ1) is 7.31. The first-order valence-electron chi connectivity index (χ1n) is 5.12. The zero-order valence-electron chi connectivity index (χ0n) is 9.16. The predicted molar refractivity (Wildman–Crippen MR) is 62.9 cm³/mol. The van der Waals surface area contributed by atoms with Crippen LogP contribution in [0.5, 0.6) is 0 Å². The van der Waals surface area contributed by atoms with Gasteiger partial charge in [-0.05, 0) is 44.0 Å². The summed E-state index contributed by atoms with van der Waals surface area (Å²) in [5.74, 6) is 5.16. The molecule has 0 aliphatic heterocycles. The average molecular weight is 201 g/mol. The lowest BCUT2D eigenvalue weighted by atomic mass is 10.2. The zero-order chi connectivity index (χ0) is 11.1. The summed E-state index contributed by atoms with van der Waals surface area (Å²) in [6.07, 6.45) is 0.609. The van der Waals surface area contributed by atoms with Crippen LogP contribution < -0.4 is 4.90 Å². The Labute approximate surface area is 90.9 Å². The summed E-state index contributed by atoms with van der Waals surface area (Å²) < 4.78 is 0. The van der Waals surface area contributed by atoms with Crippen LogP contribution >= 0.6 is 0 Å². The van der Waals surface area contributed by atoms with E-state index in [-0.39, 0.29) is 0 Å². The Bertz CT molecular complexity index is 366. The van der Waals surface area contributed by atoms with Crippen LogP contribution in [0.1, 0.15) is 19.4 Å². The van der Waals surface area contributed by atoms with Crippen LogP contribution in [0.2, 0.25) is 0 Å².